The van der Waals surface area contributed by atoms with E-state index in [0.29, 0.717) is 19.2 Å². The molecule has 0 radical (unpaired) electrons. The van der Waals surface area contributed by atoms with Gasteiger partial charge in [-0.15, -0.1) is 0 Å². The minimum atomic E-state index is -0.425. The Kier molecular flexibility index (Phi) is 6.41. The van der Waals surface area contributed by atoms with Crippen molar-refractivity contribution < 1.29 is 14.6 Å². The number of nitrogens with one attached hydrogen (secondary N) is 1. The van der Waals surface area contributed by atoms with Gasteiger partial charge in [-0.1, -0.05) is 13.8 Å². The molecule has 0 aromatic rings. The first kappa shape index (κ1) is 14.9. The molecule has 1 aliphatic rings. The summed E-state index contributed by atoms with van der Waals surface area (Å²) in [5.41, 5.74) is 0. The molecule has 0 aromatic carbocycles. The minimum absolute atomic E-state index is 0.224. The van der Waals surface area contributed by atoms with Gasteiger partial charge >= 0.3 is 0 Å². The van der Waals surface area contributed by atoms with Crippen LogP contribution in [0.4, 0.5) is 0 Å². The van der Waals surface area contributed by atoms with Gasteiger partial charge in [0.15, 0.2) is 0 Å². The smallest absolute Gasteiger partial charge is 0.0897 e. The minimum Gasteiger partial charge on any atom is -0.389 e. The fourth-order valence-electron chi connectivity index (χ4n) is 2.16. The molecular weight excluding hydrogens is 218 g/mol. The molecule has 1 aliphatic heterocycles. The third-order valence-corrected chi connectivity index (χ3v) is 2.94. The first-order chi connectivity index (χ1) is 7.97. The molecule has 0 spiro atoms. The van der Waals surface area contributed by atoms with Crippen LogP contribution in [0.1, 0.15) is 40.5 Å². The Morgan fingerprint density at radius 2 is 1.88 bits per heavy atom. The summed E-state index contributed by atoms with van der Waals surface area (Å²) in [5.74, 6) is 0. The Labute approximate surface area is 105 Å². The predicted molar refractivity (Wildman–Crippen MR) is 68.1 cm³/mol. The van der Waals surface area contributed by atoms with Crippen LogP contribution in [0.5, 0.6) is 0 Å². The Hall–Kier alpha value is -0.160. The zero-order valence-electron chi connectivity index (χ0n) is 11.5. The first-order valence-corrected chi connectivity index (χ1v) is 6.66. The number of hydrogen-bond donors (Lipinski definition) is 2. The highest BCUT2D eigenvalue weighted by atomic mass is 16.5. The molecule has 0 aliphatic carbocycles. The molecule has 1 rings (SSSR count). The second kappa shape index (κ2) is 7.31. The average Bonchev–Trinajstić information content (AvgIpc) is 2.22. The van der Waals surface area contributed by atoms with Gasteiger partial charge in [-0.05, 0) is 26.7 Å². The molecule has 2 N–H and O–H groups in total. The van der Waals surface area contributed by atoms with Crippen LogP contribution in [0.3, 0.4) is 0 Å². The molecular formula is C13H27NO3. The monoisotopic (exact) mass is 245 g/mol. The van der Waals surface area contributed by atoms with E-state index in [0.717, 1.165) is 12.8 Å². The van der Waals surface area contributed by atoms with Crippen molar-refractivity contribution in [3.63, 3.8) is 0 Å². The highest BCUT2D eigenvalue weighted by Gasteiger charge is 2.25. The van der Waals surface area contributed by atoms with Gasteiger partial charge in [-0.25, -0.2) is 0 Å². The number of hydrogen-bond acceptors (Lipinski definition) is 4. The zero-order chi connectivity index (χ0) is 12.8. The summed E-state index contributed by atoms with van der Waals surface area (Å²) < 4.78 is 11.4. The standard InChI is InChI=1S/C13H27NO3/c1-9(2)14-7-12(15)8-16-13-5-10(3)17-11(4)6-13/h9-15H,5-8H2,1-4H3. The van der Waals surface area contributed by atoms with Gasteiger partial charge in [0, 0.05) is 12.6 Å². The topological polar surface area (TPSA) is 50.7 Å². The third-order valence-electron chi connectivity index (χ3n) is 2.94. The summed E-state index contributed by atoms with van der Waals surface area (Å²) in [6, 6.07) is 0.396. The fraction of sp³-hybridized carbons (Fsp3) is 1.00. The van der Waals surface area contributed by atoms with E-state index < -0.39 is 6.10 Å². The van der Waals surface area contributed by atoms with E-state index in [1.807, 2.05) is 0 Å². The van der Waals surface area contributed by atoms with E-state index in [2.05, 4.69) is 33.0 Å². The Bertz CT molecular complexity index is 201. The van der Waals surface area contributed by atoms with Crippen LogP contribution in [-0.4, -0.2) is 48.7 Å². The number of aliphatic hydroxyl groups excluding tert-OH is 1. The van der Waals surface area contributed by atoms with Crippen LogP contribution in [0.25, 0.3) is 0 Å². The quantitative estimate of drug-likeness (QED) is 0.741. The molecule has 0 amide bonds. The average molecular weight is 245 g/mol. The van der Waals surface area contributed by atoms with Gasteiger partial charge in [0.1, 0.15) is 0 Å². The second-order valence-corrected chi connectivity index (χ2v) is 5.40. The normalized spacial score (nSPS) is 31.8. The van der Waals surface area contributed by atoms with Crippen LogP contribution in [-0.2, 0) is 9.47 Å². The lowest BCUT2D eigenvalue weighted by atomic mass is 10.0. The maximum Gasteiger partial charge on any atom is 0.0897 e. The second-order valence-electron chi connectivity index (χ2n) is 5.40. The van der Waals surface area contributed by atoms with Gasteiger partial charge < -0.3 is 19.9 Å². The predicted octanol–water partition coefficient (Wildman–Crippen LogP) is 1.32. The maximum absolute atomic E-state index is 9.74. The molecule has 0 bridgehead atoms. The van der Waals surface area contributed by atoms with E-state index in [1.54, 1.807) is 0 Å². The van der Waals surface area contributed by atoms with E-state index in [4.69, 9.17) is 9.47 Å². The lowest BCUT2D eigenvalue weighted by Crippen LogP contribution is -2.38. The van der Waals surface area contributed by atoms with E-state index in [1.165, 1.54) is 0 Å². The SMILES string of the molecule is CC(C)NCC(O)COC1CC(C)OC(C)C1. The fourth-order valence-corrected chi connectivity index (χ4v) is 2.16. The largest absolute Gasteiger partial charge is 0.389 e. The van der Waals surface area contributed by atoms with Gasteiger partial charge in [0.05, 0.1) is 31.0 Å². The van der Waals surface area contributed by atoms with Gasteiger partial charge in [-0.3, -0.25) is 0 Å². The van der Waals surface area contributed by atoms with Crippen molar-refractivity contribution in [3.05, 3.63) is 0 Å². The van der Waals surface area contributed by atoms with Gasteiger partial charge in [-0.2, -0.15) is 0 Å². The molecule has 3 unspecified atom stereocenters. The van der Waals surface area contributed by atoms with Crippen molar-refractivity contribution in [2.45, 2.75) is 71.0 Å². The van der Waals surface area contributed by atoms with Crippen molar-refractivity contribution in [3.8, 4) is 0 Å². The number of aliphatic hydroxyl groups is 1. The highest BCUT2D eigenvalue weighted by Crippen LogP contribution is 2.21. The molecule has 1 heterocycles. The van der Waals surface area contributed by atoms with E-state index >= 15 is 0 Å². The van der Waals surface area contributed by atoms with Crippen molar-refractivity contribution >= 4 is 0 Å². The molecule has 0 saturated carbocycles. The summed E-state index contributed by atoms with van der Waals surface area (Å²) in [7, 11) is 0. The maximum atomic E-state index is 9.74. The Balaban J connectivity index is 2.16. The van der Waals surface area contributed by atoms with Gasteiger partial charge in [0.25, 0.3) is 0 Å². The summed E-state index contributed by atoms with van der Waals surface area (Å²) in [5, 5.41) is 12.9. The summed E-state index contributed by atoms with van der Waals surface area (Å²) >= 11 is 0. The van der Waals surface area contributed by atoms with Crippen LogP contribution in [0, 0.1) is 0 Å². The first-order valence-electron chi connectivity index (χ1n) is 6.66. The van der Waals surface area contributed by atoms with E-state index in [9.17, 15) is 5.11 Å². The van der Waals surface area contributed by atoms with Crippen molar-refractivity contribution in [2.75, 3.05) is 13.2 Å². The molecule has 102 valence electrons. The lowest BCUT2D eigenvalue weighted by Gasteiger charge is -2.32. The Morgan fingerprint density at radius 3 is 2.41 bits per heavy atom. The van der Waals surface area contributed by atoms with Crippen LogP contribution in [0.15, 0.2) is 0 Å². The molecule has 3 atom stereocenters. The number of ether oxygens (including phenoxy) is 2. The highest BCUT2D eigenvalue weighted by molar-refractivity contribution is 4.74. The third kappa shape index (κ3) is 6.36. The van der Waals surface area contributed by atoms with Crippen LogP contribution < -0.4 is 5.32 Å². The van der Waals surface area contributed by atoms with Crippen molar-refractivity contribution in [2.24, 2.45) is 0 Å². The molecule has 4 nitrogen and oxygen atoms in total. The molecule has 1 fully saturated rings. The van der Waals surface area contributed by atoms with Crippen molar-refractivity contribution in [1.29, 1.82) is 0 Å². The molecule has 17 heavy (non-hydrogen) atoms. The zero-order valence-corrected chi connectivity index (χ0v) is 11.5. The summed E-state index contributed by atoms with van der Waals surface area (Å²) in [6.45, 7) is 9.27. The summed E-state index contributed by atoms with van der Waals surface area (Å²) in [4.78, 5) is 0. The molecule has 4 heteroatoms. The Morgan fingerprint density at radius 1 is 1.29 bits per heavy atom. The van der Waals surface area contributed by atoms with Crippen LogP contribution in [0.2, 0.25) is 0 Å². The van der Waals surface area contributed by atoms with Crippen molar-refractivity contribution in [1.82, 2.24) is 5.32 Å². The molecule has 0 aromatic heterocycles. The van der Waals surface area contributed by atoms with Gasteiger partial charge in [0.2, 0.25) is 0 Å². The molecule has 1 saturated heterocycles. The van der Waals surface area contributed by atoms with E-state index in [-0.39, 0.29) is 18.3 Å². The lowest BCUT2D eigenvalue weighted by molar-refractivity contribution is -0.113. The summed E-state index contributed by atoms with van der Waals surface area (Å²) in [6.07, 6.45) is 2.17. The van der Waals surface area contributed by atoms with Crippen LogP contribution >= 0.6 is 0 Å². The number of rotatable bonds is 6.